The highest BCUT2D eigenvalue weighted by Gasteiger charge is 2.25. The number of sulfone groups is 1. The smallest absolute Gasteiger partial charge is 0.289 e. The Labute approximate surface area is 149 Å². The molecule has 2 aromatic rings. The van der Waals surface area contributed by atoms with E-state index in [-0.39, 0.29) is 11.7 Å². The summed E-state index contributed by atoms with van der Waals surface area (Å²) >= 11 is 3.42. The SMILES string of the molecule is CS(=O)(=O)CCN1CCN(C(=O)c2cc3cccc(Br)c3o2)CC1. The number of hydrogen-bond donors (Lipinski definition) is 0. The number of halogens is 1. The van der Waals surface area contributed by atoms with Crippen LogP contribution in [0.1, 0.15) is 10.6 Å². The Balaban J connectivity index is 1.63. The van der Waals surface area contributed by atoms with E-state index in [4.69, 9.17) is 4.42 Å². The summed E-state index contributed by atoms with van der Waals surface area (Å²) in [7, 11) is -2.96. The molecule has 0 unspecified atom stereocenters. The van der Waals surface area contributed by atoms with Gasteiger partial charge in [0.15, 0.2) is 5.76 Å². The van der Waals surface area contributed by atoms with Crippen molar-refractivity contribution in [2.45, 2.75) is 0 Å². The summed E-state index contributed by atoms with van der Waals surface area (Å²) in [5.74, 6) is 0.362. The molecule has 2 heterocycles. The van der Waals surface area contributed by atoms with E-state index in [0.29, 0.717) is 44.1 Å². The molecule has 1 aromatic carbocycles. The predicted molar refractivity (Wildman–Crippen MR) is 96.0 cm³/mol. The number of carbonyl (C=O) groups excluding carboxylic acids is 1. The molecule has 3 rings (SSSR count). The van der Waals surface area contributed by atoms with Gasteiger partial charge in [-0.15, -0.1) is 0 Å². The van der Waals surface area contributed by atoms with Gasteiger partial charge in [0.2, 0.25) is 0 Å². The molecule has 1 aliphatic rings. The summed E-state index contributed by atoms with van der Waals surface area (Å²) in [5, 5.41) is 0.888. The highest BCUT2D eigenvalue weighted by molar-refractivity contribution is 9.10. The zero-order chi connectivity index (χ0) is 17.3. The summed E-state index contributed by atoms with van der Waals surface area (Å²) in [6.07, 6.45) is 1.24. The Morgan fingerprint density at radius 2 is 1.96 bits per heavy atom. The largest absolute Gasteiger partial charge is 0.450 e. The number of benzene rings is 1. The van der Waals surface area contributed by atoms with E-state index in [2.05, 4.69) is 20.8 Å². The van der Waals surface area contributed by atoms with Gasteiger partial charge in [-0.3, -0.25) is 9.69 Å². The molecule has 1 amide bonds. The van der Waals surface area contributed by atoms with Crippen LogP contribution in [-0.4, -0.2) is 68.9 Å². The standard InChI is InChI=1S/C16H19BrN2O4S/c1-24(21,22)10-9-18-5-7-19(8-6-18)16(20)14-11-12-3-2-4-13(17)15(12)23-14/h2-4,11H,5-10H2,1H3. The summed E-state index contributed by atoms with van der Waals surface area (Å²) in [4.78, 5) is 16.4. The van der Waals surface area contributed by atoms with E-state index < -0.39 is 9.84 Å². The zero-order valence-electron chi connectivity index (χ0n) is 13.4. The second-order valence-electron chi connectivity index (χ2n) is 6.03. The molecule has 6 nitrogen and oxygen atoms in total. The van der Waals surface area contributed by atoms with E-state index in [1.54, 1.807) is 11.0 Å². The van der Waals surface area contributed by atoms with Gasteiger partial charge < -0.3 is 9.32 Å². The summed E-state index contributed by atoms with van der Waals surface area (Å²) in [6, 6.07) is 7.44. The van der Waals surface area contributed by atoms with E-state index in [9.17, 15) is 13.2 Å². The van der Waals surface area contributed by atoms with Gasteiger partial charge in [-0.05, 0) is 28.1 Å². The predicted octanol–water partition coefficient (Wildman–Crippen LogP) is 2.00. The fourth-order valence-corrected chi connectivity index (χ4v) is 3.81. The molecule has 0 N–H and O–H groups in total. The minimum absolute atomic E-state index is 0.124. The zero-order valence-corrected chi connectivity index (χ0v) is 15.8. The molecule has 0 atom stereocenters. The highest BCUT2D eigenvalue weighted by Crippen LogP contribution is 2.27. The van der Waals surface area contributed by atoms with E-state index in [0.717, 1.165) is 9.86 Å². The van der Waals surface area contributed by atoms with Crippen LogP contribution < -0.4 is 0 Å². The first-order chi connectivity index (χ1) is 11.3. The van der Waals surface area contributed by atoms with Crippen LogP contribution in [0.5, 0.6) is 0 Å². The number of fused-ring (bicyclic) bond motifs is 1. The number of furan rings is 1. The molecule has 1 aliphatic heterocycles. The molecule has 0 saturated carbocycles. The van der Waals surface area contributed by atoms with Crippen LogP contribution in [0.2, 0.25) is 0 Å². The molecule has 0 aliphatic carbocycles. The van der Waals surface area contributed by atoms with Crippen molar-refractivity contribution in [1.82, 2.24) is 9.80 Å². The van der Waals surface area contributed by atoms with Crippen molar-refractivity contribution in [1.29, 1.82) is 0 Å². The lowest BCUT2D eigenvalue weighted by Crippen LogP contribution is -2.49. The first-order valence-corrected chi connectivity index (χ1v) is 10.6. The van der Waals surface area contributed by atoms with Crippen molar-refractivity contribution in [3.63, 3.8) is 0 Å². The first kappa shape index (κ1) is 17.4. The monoisotopic (exact) mass is 414 g/mol. The lowest BCUT2D eigenvalue weighted by Gasteiger charge is -2.34. The number of piperazine rings is 1. The molecule has 0 spiro atoms. The quantitative estimate of drug-likeness (QED) is 0.764. The molecule has 8 heteroatoms. The summed E-state index contributed by atoms with van der Waals surface area (Å²) in [6.45, 7) is 3.00. The van der Waals surface area contributed by atoms with Gasteiger partial charge in [0, 0.05) is 44.4 Å². The van der Waals surface area contributed by atoms with Crippen molar-refractivity contribution in [2.75, 3.05) is 44.7 Å². The number of amides is 1. The minimum Gasteiger partial charge on any atom is -0.450 e. The van der Waals surface area contributed by atoms with Gasteiger partial charge in [-0.2, -0.15) is 0 Å². The third kappa shape index (κ3) is 3.99. The molecule has 130 valence electrons. The fourth-order valence-electron chi connectivity index (χ4n) is 2.76. The van der Waals surface area contributed by atoms with Crippen LogP contribution in [0, 0.1) is 0 Å². The van der Waals surface area contributed by atoms with Gasteiger partial charge in [-0.1, -0.05) is 12.1 Å². The summed E-state index contributed by atoms with van der Waals surface area (Å²) in [5.41, 5.74) is 0.674. The maximum Gasteiger partial charge on any atom is 0.289 e. The van der Waals surface area contributed by atoms with Crippen LogP contribution in [0.15, 0.2) is 33.2 Å². The van der Waals surface area contributed by atoms with Gasteiger partial charge in [0.1, 0.15) is 15.4 Å². The van der Waals surface area contributed by atoms with Crippen LogP contribution in [-0.2, 0) is 9.84 Å². The lowest BCUT2D eigenvalue weighted by molar-refractivity contribution is 0.0615. The summed E-state index contributed by atoms with van der Waals surface area (Å²) < 4.78 is 29.0. The van der Waals surface area contributed by atoms with Crippen molar-refractivity contribution < 1.29 is 17.6 Å². The van der Waals surface area contributed by atoms with E-state index in [1.165, 1.54) is 6.26 Å². The molecule has 1 saturated heterocycles. The number of para-hydroxylation sites is 1. The van der Waals surface area contributed by atoms with Gasteiger partial charge >= 0.3 is 0 Å². The maximum absolute atomic E-state index is 12.6. The van der Waals surface area contributed by atoms with Crippen LogP contribution in [0.25, 0.3) is 11.0 Å². The third-order valence-corrected chi connectivity index (χ3v) is 5.69. The van der Waals surface area contributed by atoms with Gasteiger partial charge in [0.25, 0.3) is 5.91 Å². The fraction of sp³-hybridized carbons (Fsp3) is 0.438. The molecule has 0 radical (unpaired) electrons. The second kappa shape index (κ2) is 6.85. The Hall–Kier alpha value is -1.38. The van der Waals surface area contributed by atoms with Crippen molar-refractivity contribution in [2.24, 2.45) is 0 Å². The van der Waals surface area contributed by atoms with Gasteiger partial charge in [-0.25, -0.2) is 8.42 Å². The molecule has 0 bridgehead atoms. The number of nitrogens with zero attached hydrogens (tertiary/aromatic N) is 2. The van der Waals surface area contributed by atoms with Gasteiger partial charge in [0.05, 0.1) is 10.2 Å². The Morgan fingerprint density at radius 1 is 1.25 bits per heavy atom. The highest BCUT2D eigenvalue weighted by atomic mass is 79.9. The Kier molecular flexibility index (Phi) is 4.98. The minimum atomic E-state index is -2.96. The number of hydrogen-bond acceptors (Lipinski definition) is 5. The number of carbonyl (C=O) groups is 1. The van der Waals surface area contributed by atoms with Crippen LogP contribution in [0.4, 0.5) is 0 Å². The molecule has 1 aromatic heterocycles. The Morgan fingerprint density at radius 3 is 2.58 bits per heavy atom. The first-order valence-electron chi connectivity index (χ1n) is 7.71. The topological polar surface area (TPSA) is 70.8 Å². The van der Waals surface area contributed by atoms with Crippen molar-refractivity contribution in [3.05, 3.63) is 34.5 Å². The molecular weight excluding hydrogens is 396 g/mol. The third-order valence-electron chi connectivity index (χ3n) is 4.14. The maximum atomic E-state index is 12.6. The molecule has 24 heavy (non-hydrogen) atoms. The van der Waals surface area contributed by atoms with E-state index >= 15 is 0 Å². The van der Waals surface area contributed by atoms with Crippen molar-refractivity contribution >= 4 is 42.6 Å². The number of rotatable bonds is 4. The molecular formula is C16H19BrN2O4S. The van der Waals surface area contributed by atoms with Crippen molar-refractivity contribution in [3.8, 4) is 0 Å². The van der Waals surface area contributed by atoms with E-state index in [1.807, 2.05) is 18.2 Å². The molecule has 1 fully saturated rings. The average Bonchev–Trinajstić information content (AvgIpc) is 2.98. The van der Waals surface area contributed by atoms with Crippen LogP contribution >= 0.6 is 15.9 Å². The lowest BCUT2D eigenvalue weighted by atomic mass is 10.2. The van der Waals surface area contributed by atoms with Crippen LogP contribution in [0.3, 0.4) is 0 Å². The Bertz CT molecular complexity index is 854. The average molecular weight is 415 g/mol. The normalized spacial score (nSPS) is 16.7. The second-order valence-corrected chi connectivity index (χ2v) is 9.15.